The van der Waals surface area contributed by atoms with Crippen molar-refractivity contribution >= 4 is 17.6 Å². The molecule has 0 aliphatic heterocycles. The van der Waals surface area contributed by atoms with Gasteiger partial charge in [-0.1, -0.05) is 22.9 Å². The second-order valence-electron chi connectivity index (χ2n) is 6.07. The lowest BCUT2D eigenvalue weighted by atomic mass is 9.85. The Labute approximate surface area is 130 Å². The Morgan fingerprint density at radius 2 is 1.64 bits per heavy atom. The Morgan fingerprint density at radius 3 is 2.14 bits per heavy atom. The van der Waals surface area contributed by atoms with Crippen LogP contribution in [-0.4, -0.2) is 16.8 Å². The summed E-state index contributed by atoms with van der Waals surface area (Å²) in [4.78, 5) is 10.3. The molecule has 0 fully saturated rings. The number of rotatable bonds is 3. The van der Waals surface area contributed by atoms with Gasteiger partial charge in [0.05, 0.1) is 21.5 Å². The molecule has 4 heteroatoms. The topological polar surface area (TPSA) is 57.2 Å². The van der Waals surface area contributed by atoms with E-state index in [1.165, 1.54) is 12.1 Å². The normalized spacial score (nSPS) is 10.7. The van der Waals surface area contributed by atoms with Gasteiger partial charge in [-0.2, -0.15) is 0 Å². The highest BCUT2D eigenvalue weighted by molar-refractivity contribution is 6.05. The molecule has 0 saturated carbocycles. The van der Waals surface area contributed by atoms with Crippen molar-refractivity contribution in [3.63, 3.8) is 0 Å². The summed E-state index contributed by atoms with van der Waals surface area (Å²) in [5.41, 5.74) is 2.88. The molecule has 0 aromatic heterocycles. The summed E-state index contributed by atoms with van der Waals surface area (Å²) < 4.78 is 4.63. The van der Waals surface area contributed by atoms with Gasteiger partial charge in [-0.25, -0.2) is 0 Å². The second kappa shape index (κ2) is 6.37. The fourth-order valence-electron chi connectivity index (χ4n) is 2.12. The molecule has 22 heavy (non-hydrogen) atoms. The zero-order chi connectivity index (χ0) is 16.2. The Hall–Kier alpha value is -2.71. The van der Waals surface area contributed by atoms with E-state index in [4.69, 9.17) is 0 Å². The van der Waals surface area contributed by atoms with Crippen molar-refractivity contribution in [2.75, 3.05) is 0 Å². The average molecular weight is 295 g/mol. The Bertz CT molecular complexity index is 720. The first-order chi connectivity index (χ1) is 10.4. The van der Waals surface area contributed by atoms with Crippen LogP contribution in [0.2, 0.25) is 0 Å². The SMILES string of the molecule is CC(C)(C)C(=[N+]=Cc1ccc([N+](=O)[O-])cc1)c1ccccc1. The van der Waals surface area contributed by atoms with Crippen molar-refractivity contribution in [3.8, 4) is 0 Å². The van der Waals surface area contributed by atoms with Crippen LogP contribution >= 0.6 is 0 Å². The molecule has 0 N–H and O–H groups in total. The Balaban J connectivity index is 2.43. The van der Waals surface area contributed by atoms with Gasteiger partial charge >= 0.3 is 5.71 Å². The van der Waals surface area contributed by atoms with Gasteiger partial charge < -0.3 is 0 Å². The van der Waals surface area contributed by atoms with Crippen molar-refractivity contribution in [1.29, 1.82) is 0 Å². The highest BCUT2D eigenvalue weighted by Crippen LogP contribution is 2.19. The van der Waals surface area contributed by atoms with Crippen LogP contribution in [-0.2, 0) is 0 Å². The first-order valence-corrected chi connectivity index (χ1v) is 7.09. The summed E-state index contributed by atoms with van der Waals surface area (Å²) in [6.45, 7) is 6.34. The molecule has 2 rings (SSSR count). The van der Waals surface area contributed by atoms with Crippen LogP contribution in [0.15, 0.2) is 54.6 Å². The number of benzene rings is 2. The molecule has 0 aliphatic rings. The van der Waals surface area contributed by atoms with Crippen LogP contribution < -0.4 is 4.67 Å². The summed E-state index contributed by atoms with van der Waals surface area (Å²) in [5.74, 6) is 0. The molecule has 0 atom stereocenters. The zero-order valence-corrected chi connectivity index (χ0v) is 13.0. The third-order valence-electron chi connectivity index (χ3n) is 3.20. The number of non-ortho nitro benzene ring substituents is 1. The number of nitro benzene ring substituents is 1. The maximum absolute atomic E-state index is 10.7. The van der Waals surface area contributed by atoms with Gasteiger partial charge in [0.2, 0.25) is 0 Å². The second-order valence-corrected chi connectivity index (χ2v) is 6.07. The maximum atomic E-state index is 10.7. The highest BCUT2D eigenvalue weighted by atomic mass is 16.6. The molecule has 112 valence electrons. The van der Waals surface area contributed by atoms with Gasteiger partial charge in [0, 0.05) is 12.1 Å². The van der Waals surface area contributed by atoms with E-state index >= 15 is 0 Å². The van der Waals surface area contributed by atoms with E-state index in [0.717, 1.165) is 16.8 Å². The summed E-state index contributed by atoms with van der Waals surface area (Å²) in [7, 11) is 0. The lowest BCUT2D eigenvalue weighted by molar-refractivity contribution is -0.384. The minimum absolute atomic E-state index is 0.0835. The lowest BCUT2D eigenvalue weighted by Gasteiger charge is -2.11. The van der Waals surface area contributed by atoms with E-state index in [0.29, 0.717) is 0 Å². The van der Waals surface area contributed by atoms with Gasteiger partial charge in [0.1, 0.15) is 0 Å². The molecule has 4 nitrogen and oxygen atoms in total. The predicted molar refractivity (Wildman–Crippen MR) is 90.4 cm³/mol. The monoisotopic (exact) mass is 295 g/mol. The predicted octanol–water partition coefficient (Wildman–Crippen LogP) is 3.62. The van der Waals surface area contributed by atoms with Crippen LogP contribution in [0.25, 0.3) is 0 Å². The summed E-state index contributed by atoms with van der Waals surface area (Å²) >= 11 is 0. The molecule has 0 radical (unpaired) electrons. The van der Waals surface area contributed by atoms with Crippen LogP contribution in [0.1, 0.15) is 31.9 Å². The fraction of sp³-hybridized carbons (Fsp3) is 0.222. The van der Waals surface area contributed by atoms with Gasteiger partial charge in [0.15, 0.2) is 0 Å². The van der Waals surface area contributed by atoms with Crippen LogP contribution in [0.4, 0.5) is 5.69 Å². The molecule has 0 aliphatic carbocycles. The van der Waals surface area contributed by atoms with Crippen LogP contribution in [0.5, 0.6) is 0 Å². The smallest absolute Gasteiger partial charge is 0.258 e. The Morgan fingerprint density at radius 1 is 1.05 bits per heavy atom. The summed E-state index contributed by atoms with van der Waals surface area (Å²) in [6, 6.07) is 16.4. The summed E-state index contributed by atoms with van der Waals surface area (Å²) in [5, 5.41) is 10.7. The van der Waals surface area contributed by atoms with E-state index in [1.807, 2.05) is 30.3 Å². The van der Waals surface area contributed by atoms with Gasteiger partial charge in [-0.15, -0.1) is 0 Å². The van der Waals surface area contributed by atoms with E-state index in [-0.39, 0.29) is 11.1 Å². The maximum Gasteiger partial charge on any atom is 0.316 e. The highest BCUT2D eigenvalue weighted by Gasteiger charge is 2.29. The first-order valence-electron chi connectivity index (χ1n) is 7.09. The molecule has 2 aromatic rings. The average Bonchev–Trinajstić information content (AvgIpc) is 2.47. The largest absolute Gasteiger partial charge is 0.316 e. The van der Waals surface area contributed by atoms with E-state index in [9.17, 15) is 10.1 Å². The number of nitrogens with zero attached hydrogens (tertiary/aromatic N) is 2. The fourth-order valence-corrected chi connectivity index (χ4v) is 2.12. The van der Waals surface area contributed by atoms with Gasteiger partial charge in [-0.05, 0) is 45.0 Å². The van der Waals surface area contributed by atoms with E-state index < -0.39 is 4.92 Å². The molecule has 0 saturated heterocycles. The van der Waals surface area contributed by atoms with Gasteiger partial charge in [-0.3, -0.25) is 10.1 Å². The number of hydrogen-bond acceptors (Lipinski definition) is 2. The molecule has 2 aromatic carbocycles. The molecule has 0 unspecified atom stereocenters. The lowest BCUT2D eigenvalue weighted by Crippen LogP contribution is -2.24. The molecular formula is C18H19N2O2+. The van der Waals surface area contributed by atoms with Crippen molar-refractivity contribution in [3.05, 3.63) is 75.8 Å². The van der Waals surface area contributed by atoms with Crippen LogP contribution in [0, 0.1) is 15.5 Å². The van der Waals surface area contributed by atoms with Crippen molar-refractivity contribution < 1.29 is 4.92 Å². The molecular weight excluding hydrogens is 276 g/mol. The van der Waals surface area contributed by atoms with Crippen LogP contribution in [0.3, 0.4) is 0 Å². The minimum atomic E-state index is -0.405. The number of nitro groups is 1. The van der Waals surface area contributed by atoms with Crippen molar-refractivity contribution in [2.45, 2.75) is 20.8 Å². The van der Waals surface area contributed by atoms with E-state index in [2.05, 4.69) is 25.4 Å². The first kappa shape index (κ1) is 15.7. The molecule has 0 amide bonds. The zero-order valence-electron chi connectivity index (χ0n) is 13.0. The summed E-state index contributed by atoms with van der Waals surface area (Å²) in [6.07, 6.45) is 1.75. The quantitative estimate of drug-likeness (QED) is 0.376. The van der Waals surface area contributed by atoms with Gasteiger partial charge in [0.25, 0.3) is 11.9 Å². The van der Waals surface area contributed by atoms with Crippen molar-refractivity contribution in [2.24, 2.45) is 5.41 Å². The van der Waals surface area contributed by atoms with E-state index in [1.54, 1.807) is 18.3 Å². The van der Waals surface area contributed by atoms with Crippen molar-refractivity contribution in [1.82, 2.24) is 4.67 Å². The molecule has 0 heterocycles. The standard InChI is InChI=1S/C18H19N2O2/c1-18(2,3)17(15-7-5-4-6-8-15)19-13-14-9-11-16(12-10-14)20(21)22/h4-13H,1-3H3/q+1. The third-order valence-corrected chi connectivity index (χ3v) is 3.20. The number of hydrogen-bond donors (Lipinski definition) is 0. The minimum Gasteiger partial charge on any atom is -0.258 e. The Kier molecular flexibility index (Phi) is 4.54. The third kappa shape index (κ3) is 3.90. The molecule has 0 bridgehead atoms. The molecule has 0 spiro atoms.